The molecule has 1 aromatic rings. The lowest BCUT2D eigenvalue weighted by Gasteiger charge is -2.35. The third kappa shape index (κ3) is 4.32. The maximum Gasteiger partial charge on any atom is 0.0534 e. The van der Waals surface area contributed by atoms with Gasteiger partial charge in [0.25, 0.3) is 0 Å². The van der Waals surface area contributed by atoms with Crippen molar-refractivity contribution in [3.05, 3.63) is 18.0 Å². The maximum atomic E-state index is 6.03. The quantitative estimate of drug-likeness (QED) is 0.834. The van der Waals surface area contributed by atoms with Crippen molar-refractivity contribution in [2.24, 2.45) is 5.73 Å². The van der Waals surface area contributed by atoms with Gasteiger partial charge in [-0.3, -0.25) is 9.58 Å². The van der Waals surface area contributed by atoms with Gasteiger partial charge >= 0.3 is 0 Å². The van der Waals surface area contributed by atoms with Gasteiger partial charge < -0.3 is 5.73 Å². The molecule has 1 aliphatic rings. The molecule has 0 spiro atoms. The first-order valence-electron chi connectivity index (χ1n) is 8.23. The highest BCUT2D eigenvalue weighted by Gasteiger charge is 2.24. The topological polar surface area (TPSA) is 47.1 Å². The van der Waals surface area contributed by atoms with Crippen molar-refractivity contribution in [2.75, 3.05) is 6.54 Å². The predicted octanol–water partition coefficient (Wildman–Crippen LogP) is 2.78. The van der Waals surface area contributed by atoms with E-state index in [1.165, 1.54) is 44.2 Å². The van der Waals surface area contributed by atoms with Crippen LogP contribution in [0.5, 0.6) is 0 Å². The molecule has 0 amide bonds. The number of nitrogens with zero attached hydrogens (tertiary/aromatic N) is 3. The van der Waals surface area contributed by atoms with Crippen molar-refractivity contribution >= 4 is 0 Å². The molecule has 1 heterocycles. The summed E-state index contributed by atoms with van der Waals surface area (Å²) in [6.07, 6.45) is 11.5. The molecule has 4 nitrogen and oxygen atoms in total. The van der Waals surface area contributed by atoms with Crippen molar-refractivity contribution in [1.29, 1.82) is 0 Å². The molecular weight excluding hydrogens is 248 g/mol. The van der Waals surface area contributed by atoms with E-state index in [4.69, 9.17) is 5.73 Å². The van der Waals surface area contributed by atoms with Crippen LogP contribution in [0.1, 0.15) is 57.9 Å². The second kappa shape index (κ2) is 7.79. The van der Waals surface area contributed by atoms with Crippen LogP contribution in [0.4, 0.5) is 0 Å². The van der Waals surface area contributed by atoms with Crippen LogP contribution in [0, 0.1) is 0 Å². The first-order valence-corrected chi connectivity index (χ1v) is 8.23. The van der Waals surface area contributed by atoms with Crippen molar-refractivity contribution < 1.29 is 0 Å². The minimum Gasteiger partial charge on any atom is -0.328 e. The summed E-state index contributed by atoms with van der Waals surface area (Å²) < 4.78 is 2.07. The number of aryl methyl sites for hydroxylation is 1. The minimum absolute atomic E-state index is 0.432. The summed E-state index contributed by atoms with van der Waals surface area (Å²) >= 11 is 0. The first kappa shape index (κ1) is 15.5. The average molecular weight is 278 g/mol. The van der Waals surface area contributed by atoms with Crippen LogP contribution >= 0.6 is 0 Å². The van der Waals surface area contributed by atoms with Gasteiger partial charge in [0.15, 0.2) is 0 Å². The van der Waals surface area contributed by atoms with Crippen molar-refractivity contribution in [3.63, 3.8) is 0 Å². The molecule has 0 atom stereocenters. The third-order valence-corrected chi connectivity index (χ3v) is 4.29. The molecule has 2 rings (SSSR count). The summed E-state index contributed by atoms with van der Waals surface area (Å²) in [5.41, 5.74) is 7.38. The molecule has 1 fully saturated rings. The Labute approximate surface area is 123 Å². The lowest BCUT2D eigenvalue weighted by molar-refractivity contribution is 0.142. The lowest BCUT2D eigenvalue weighted by Crippen LogP contribution is -2.40. The molecule has 20 heavy (non-hydrogen) atoms. The molecule has 0 aromatic carbocycles. The predicted molar refractivity (Wildman–Crippen MR) is 83.5 cm³/mol. The highest BCUT2D eigenvalue weighted by molar-refractivity contribution is 5.04. The van der Waals surface area contributed by atoms with E-state index in [-0.39, 0.29) is 0 Å². The molecule has 2 N–H and O–H groups in total. The molecule has 1 saturated carbocycles. The number of hydrogen-bond acceptors (Lipinski definition) is 3. The van der Waals surface area contributed by atoms with Gasteiger partial charge in [0.05, 0.1) is 6.20 Å². The molecule has 0 bridgehead atoms. The Morgan fingerprint density at radius 1 is 1.25 bits per heavy atom. The van der Waals surface area contributed by atoms with Crippen LogP contribution < -0.4 is 5.73 Å². The monoisotopic (exact) mass is 278 g/mol. The van der Waals surface area contributed by atoms with Crippen molar-refractivity contribution in [1.82, 2.24) is 14.7 Å². The standard InChI is InChI=1S/C16H30N4/c1-3-9-19(16-7-5-15(17)6-8-16)12-14-11-18-20(13-14)10-4-2/h11,13,15-16H,3-10,12,17H2,1-2H3. The normalized spacial score (nSPS) is 23.4. The molecule has 1 aromatic heterocycles. The summed E-state index contributed by atoms with van der Waals surface area (Å²) in [5, 5.41) is 4.45. The first-order chi connectivity index (χ1) is 9.72. The zero-order valence-electron chi connectivity index (χ0n) is 13.1. The highest BCUT2D eigenvalue weighted by Crippen LogP contribution is 2.23. The van der Waals surface area contributed by atoms with Gasteiger partial charge in [-0.15, -0.1) is 0 Å². The minimum atomic E-state index is 0.432. The van der Waals surface area contributed by atoms with Gasteiger partial charge in [0, 0.05) is 36.9 Å². The Morgan fingerprint density at radius 3 is 2.65 bits per heavy atom. The summed E-state index contributed by atoms with van der Waals surface area (Å²) in [6, 6.07) is 1.14. The lowest BCUT2D eigenvalue weighted by atomic mass is 9.90. The summed E-state index contributed by atoms with van der Waals surface area (Å²) in [7, 11) is 0. The second-order valence-electron chi connectivity index (χ2n) is 6.15. The van der Waals surface area contributed by atoms with E-state index in [0.29, 0.717) is 12.1 Å². The molecule has 0 radical (unpaired) electrons. The Balaban J connectivity index is 1.93. The van der Waals surface area contributed by atoms with Crippen molar-refractivity contribution in [2.45, 2.75) is 77.5 Å². The SMILES string of the molecule is CCCN(Cc1cnn(CCC)c1)C1CCC(N)CC1. The zero-order valence-corrected chi connectivity index (χ0v) is 13.1. The number of hydrogen-bond donors (Lipinski definition) is 1. The van der Waals surface area contributed by atoms with Gasteiger partial charge in [0.2, 0.25) is 0 Å². The van der Waals surface area contributed by atoms with Gasteiger partial charge in [0.1, 0.15) is 0 Å². The smallest absolute Gasteiger partial charge is 0.0534 e. The Hall–Kier alpha value is -0.870. The fourth-order valence-electron chi connectivity index (χ4n) is 3.22. The highest BCUT2D eigenvalue weighted by atomic mass is 15.3. The van der Waals surface area contributed by atoms with E-state index in [0.717, 1.165) is 19.5 Å². The Morgan fingerprint density at radius 2 is 2.00 bits per heavy atom. The van der Waals surface area contributed by atoms with E-state index in [1.54, 1.807) is 0 Å². The van der Waals surface area contributed by atoms with E-state index < -0.39 is 0 Å². The zero-order chi connectivity index (χ0) is 14.4. The van der Waals surface area contributed by atoms with Crippen LogP contribution in [-0.4, -0.2) is 33.3 Å². The molecule has 0 saturated heterocycles. The van der Waals surface area contributed by atoms with Crippen LogP contribution in [0.2, 0.25) is 0 Å². The van der Waals surface area contributed by atoms with Gasteiger partial charge in [-0.1, -0.05) is 13.8 Å². The van der Waals surface area contributed by atoms with E-state index in [1.807, 2.05) is 6.20 Å². The van der Waals surface area contributed by atoms with Crippen LogP contribution in [0.15, 0.2) is 12.4 Å². The summed E-state index contributed by atoms with van der Waals surface area (Å²) in [5.74, 6) is 0. The van der Waals surface area contributed by atoms with Crippen molar-refractivity contribution in [3.8, 4) is 0 Å². The van der Waals surface area contributed by atoms with Gasteiger partial charge in [-0.2, -0.15) is 5.10 Å². The molecule has 4 heteroatoms. The van der Waals surface area contributed by atoms with Crippen LogP contribution in [0.25, 0.3) is 0 Å². The fourth-order valence-corrected chi connectivity index (χ4v) is 3.22. The van der Waals surface area contributed by atoms with Crippen LogP contribution in [0.3, 0.4) is 0 Å². The van der Waals surface area contributed by atoms with Gasteiger partial charge in [-0.25, -0.2) is 0 Å². The van der Waals surface area contributed by atoms with Crippen LogP contribution in [-0.2, 0) is 13.1 Å². The molecule has 0 unspecified atom stereocenters. The number of aromatic nitrogens is 2. The maximum absolute atomic E-state index is 6.03. The molecule has 114 valence electrons. The Bertz CT molecular complexity index is 380. The number of rotatable bonds is 7. The van der Waals surface area contributed by atoms with Gasteiger partial charge in [-0.05, 0) is 45.1 Å². The molecular formula is C16H30N4. The van der Waals surface area contributed by atoms with E-state index in [9.17, 15) is 0 Å². The fraction of sp³-hybridized carbons (Fsp3) is 0.812. The molecule has 1 aliphatic carbocycles. The Kier molecular flexibility index (Phi) is 6.05. The summed E-state index contributed by atoms with van der Waals surface area (Å²) in [4.78, 5) is 2.64. The molecule has 0 aliphatic heterocycles. The largest absolute Gasteiger partial charge is 0.328 e. The number of nitrogens with two attached hydrogens (primary N) is 1. The third-order valence-electron chi connectivity index (χ3n) is 4.29. The average Bonchev–Trinajstić information content (AvgIpc) is 2.87. The second-order valence-corrected chi connectivity index (χ2v) is 6.15. The van der Waals surface area contributed by atoms with E-state index >= 15 is 0 Å². The van der Waals surface area contributed by atoms with E-state index in [2.05, 4.69) is 34.7 Å². The summed E-state index contributed by atoms with van der Waals surface area (Å²) in [6.45, 7) is 7.69.